The van der Waals surface area contributed by atoms with Crippen molar-refractivity contribution in [3.63, 3.8) is 0 Å². The molecule has 2 saturated carbocycles. The number of hydrogen-bond donors (Lipinski definition) is 0. The molecule has 0 aliphatic heterocycles. The minimum absolute atomic E-state index is 0.145. The number of ketones is 2. The molecule has 6 nitrogen and oxygen atoms in total. The second-order valence-corrected chi connectivity index (χ2v) is 9.90. The first-order valence-corrected chi connectivity index (χ1v) is 11.1. The molecule has 172 valence electrons. The SMILES string of the molecule is CC(=O)OCC(=O)C1=CC[C@H]2[C@H]3CCC4=CC(=O)C=C[C@]4(C)[C@]3(F)[C@@H](OC(C)=O)C[C@]12C. The zero-order chi connectivity index (χ0) is 23.5. The Hall–Kier alpha value is -2.57. The van der Waals surface area contributed by atoms with E-state index in [0.717, 1.165) is 5.57 Å². The largest absolute Gasteiger partial charge is 0.459 e. The number of esters is 2. The summed E-state index contributed by atoms with van der Waals surface area (Å²) in [4.78, 5) is 48.1. The van der Waals surface area contributed by atoms with E-state index < -0.39 is 40.5 Å². The van der Waals surface area contributed by atoms with Gasteiger partial charge in [0.25, 0.3) is 0 Å². The summed E-state index contributed by atoms with van der Waals surface area (Å²) in [6.07, 6.45) is 7.03. The highest BCUT2D eigenvalue weighted by molar-refractivity contribution is 6.01. The van der Waals surface area contributed by atoms with E-state index in [1.54, 1.807) is 13.0 Å². The average molecular weight is 444 g/mol. The third-order valence-electron chi connectivity index (χ3n) is 8.21. The molecule has 4 aliphatic rings. The molecule has 32 heavy (non-hydrogen) atoms. The number of Topliss-reactive ketones (excluding diaryl/α,β-unsaturated/α-hetero) is 1. The normalized spacial score (nSPS) is 39.8. The van der Waals surface area contributed by atoms with Crippen molar-refractivity contribution in [2.75, 3.05) is 6.61 Å². The summed E-state index contributed by atoms with van der Waals surface area (Å²) in [5.74, 6) is -2.23. The fourth-order valence-electron chi connectivity index (χ4n) is 6.75. The molecule has 0 bridgehead atoms. The maximum Gasteiger partial charge on any atom is 0.303 e. The van der Waals surface area contributed by atoms with E-state index >= 15 is 4.39 Å². The number of allylic oxidation sites excluding steroid dienone is 5. The number of ether oxygens (including phenoxy) is 2. The highest BCUT2D eigenvalue weighted by Crippen LogP contribution is 2.68. The fourth-order valence-corrected chi connectivity index (χ4v) is 6.75. The molecule has 4 rings (SSSR count). The van der Waals surface area contributed by atoms with Gasteiger partial charge in [-0.05, 0) is 50.7 Å². The van der Waals surface area contributed by atoms with Gasteiger partial charge in [-0.2, -0.15) is 0 Å². The smallest absolute Gasteiger partial charge is 0.303 e. The number of hydrogen-bond acceptors (Lipinski definition) is 6. The van der Waals surface area contributed by atoms with Gasteiger partial charge in [0.1, 0.15) is 6.10 Å². The minimum atomic E-state index is -1.91. The molecule has 6 atom stereocenters. The van der Waals surface area contributed by atoms with E-state index in [1.807, 2.05) is 13.0 Å². The maximum absolute atomic E-state index is 17.4. The average Bonchev–Trinajstić information content (AvgIpc) is 3.04. The first kappa shape index (κ1) is 22.6. The van der Waals surface area contributed by atoms with Gasteiger partial charge in [0.05, 0.1) is 0 Å². The van der Waals surface area contributed by atoms with Crippen LogP contribution in [0.5, 0.6) is 0 Å². The molecule has 0 aromatic heterocycles. The summed E-state index contributed by atoms with van der Waals surface area (Å²) in [7, 11) is 0. The Bertz CT molecular complexity index is 992. The lowest BCUT2D eigenvalue weighted by atomic mass is 9.45. The Morgan fingerprint density at radius 1 is 1.16 bits per heavy atom. The van der Waals surface area contributed by atoms with Gasteiger partial charge >= 0.3 is 11.9 Å². The molecule has 0 heterocycles. The first-order valence-electron chi connectivity index (χ1n) is 11.1. The predicted octanol–water partition coefficient (Wildman–Crippen LogP) is 3.60. The molecule has 0 amide bonds. The van der Waals surface area contributed by atoms with Crippen LogP contribution in [0.3, 0.4) is 0 Å². The summed E-state index contributed by atoms with van der Waals surface area (Å²) in [6.45, 7) is 5.84. The molecule has 0 aromatic carbocycles. The Labute approximate surface area is 186 Å². The van der Waals surface area contributed by atoms with Crippen molar-refractivity contribution in [2.24, 2.45) is 22.7 Å². The number of rotatable bonds is 4. The summed E-state index contributed by atoms with van der Waals surface area (Å²) in [5.41, 5.74) is -2.45. The van der Waals surface area contributed by atoms with Gasteiger partial charge < -0.3 is 9.47 Å². The number of halogens is 1. The molecule has 7 heteroatoms. The van der Waals surface area contributed by atoms with Crippen LogP contribution in [-0.4, -0.2) is 41.9 Å². The van der Waals surface area contributed by atoms with Crippen LogP contribution in [0.2, 0.25) is 0 Å². The predicted molar refractivity (Wildman–Crippen MR) is 113 cm³/mol. The van der Waals surface area contributed by atoms with Crippen LogP contribution in [0.4, 0.5) is 4.39 Å². The van der Waals surface area contributed by atoms with Crippen LogP contribution in [-0.2, 0) is 28.7 Å². The summed E-state index contributed by atoms with van der Waals surface area (Å²) in [6, 6.07) is 0. The van der Waals surface area contributed by atoms with Gasteiger partial charge in [-0.15, -0.1) is 0 Å². The van der Waals surface area contributed by atoms with Gasteiger partial charge in [0.2, 0.25) is 0 Å². The summed E-state index contributed by atoms with van der Waals surface area (Å²) in [5, 5.41) is 0. The Balaban J connectivity index is 1.76. The van der Waals surface area contributed by atoms with Crippen LogP contribution < -0.4 is 0 Å². The second-order valence-electron chi connectivity index (χ2n) is 9.90. The van der Waals surface area contributed by atoms with Crippen molar-refractivity contribution in [3.05, 3.63) is 35.5 Å². The monoisotopic (exact) mass is 444 g/mol. The van der Waals surface area contributed by atoms with E-state index in [4.69, 9.17) is 9.47 Å². The number of carbonyl (C=O) groups excluding carboxylic acids is 4. The molecule has 0 radical (unpaired) electrons. The first-order chi connectivity index (χ1) is 14.9. The highest BCUT2D eigenvalue weighted by Gasteiger charge is 2.71. The summed E-state index contributed by atoms with van der Waals surface area (Å²) < 4.78 is 28.0. The van der Waals surface area contributed by atoms with Crippen LogP contribution in [0.15, 0.2) is 35.5 Å². The standard InChI is InChI=1S/C25H29FO6/c1-14(27)31-13-21(30)20-8-7-18-19-6-5-16-11-17(29)9-10-24(16,4)25(19,26)22(32-15(2)28)12-23(18,20)3/h8-11,18-19,22H,5-7,12-13H2,1-4H3/t18-,19+,22-,23-,24-,25+/m0/s1. The Morgan fingerprint density at radius 2 is 1.88 bits per heavy atom. The second kappa shape index (κ2) is 7.49. The van der Waals surface area contributed by atoms with Crippen molar-refractivity contribution in [1.82, 2.24) is 0 Å². The van der Waals surface area contributed by atoms with E-state index in [-0.39, 0.29) is 30.5 Å². The molecular formula is C25H29FO6. The molecule has 0 unspecified atom stereocenters. The third-order valence-corrected chi connectivity index (χ3v) is 8.21. The van der Waals surface area contributed by atoms with Crippen molar-refractivity contribution >= 4 is 23.5 Å². The lowest BCUT2D eigenvalue weighted by Gasteiger charge is -2.62. The maximum atomic E-state index is 17.4. The zero-order valence-electron chi connectivity index (χ0n) is 18.9. The van der Waals surface area contributed by atoms with E-state index in [0.29, 0.717) is 24.8 Å². The topological polar surface area (TPSA) is 86.7 Å². The van der Waals surface area contributed by atoms with E-state index in [9.17, 15) is 19.2 Å². The van der Waals surface area contributed by atoms with Gasteiger partial charge in [-0.25, -0.2) is 4.39 Å². The zero-order valence-corrected chi connectivity index (χ0v) is 18.9. The van der Waals surface area contributed by atoms with E-state index in [2.05, 4.69) is 0 Å². The minimum Gasteiger partial charge on any atom is -0.459 e. The van der Waals surface area contributed by atoms with Crippen molar-refractivity contribution in [1.29, 1.82) is 0 Å². The Kier molecular flexibility index (Phi) is 5.30. The molecule has 0 aromatic rings. The number of fused-ring (bicyclic) bond motifs is 5. The van der Waals surface area contributed by atoms with Crippen LogP contribution in [0.25, 0.3) is 0 Å². The number of carbonyl (C=O) groups is 4. The van der Waals surface area contributed by atoms with Crippen LogP contribution in [0, 0.1) is 22.7 Å². The Morgan fingerprint density at radius 3 is 2.53 bits per heavy atom. The van der Waals surface area contributed by atoms with Crippen molar-refractivity contribution in [3.8, 4) is 0 Å². The van der Waals surface area contributed by atoms with Crippen molar-refractivity contribution < 1.29 is 33.0 Å². The fraction of sp³-hybridized carbons (Fsp3) is 0.600. The van der Waals surface area contributed by atoms with Gasteiger partial charge in [-0.1, -0.05) is 24.6 Å². The van der Waals surface area contributed by atoms with E-state index in [1.165, 1.54) is 26.0 Å². The quantitative estimate of drug-likeness (QED) is 0.616. The molecule has 0 spiro atoms. The van der Waals surface area contributed by atoms with Crippen molar-refractivity contribution in [2.45, 2.75) is 65.2 Å². The molecule has 2 fully saturated rings. The van der Waals surface area contributed by atoms with Crippen LogP contribution in [0.1, 0.15) is 53.4 Å². The number of alkyl halides is 1. The lowest BCUT2D eigenvalue weighted by Crippen LogP contribution is -2.67. The highest BCUT2D eigenvalue weighted by atomic mass is 19.1. The van der Waals surface area contributed by atoms with Crippen LogP contribution >= 0.6 is 0 Å². The van der Waals surface area contributed by atoms with Gasteiger partial charge in [0.15, 0.2) is 23.8 Å². The lowest BCUT2D eigenvalue weighted by molar-refractivity contribution is -0.206. The van der Waals surface area contributed by atoms with Gasteiger partial charge in [0, 0.05) is 36.2 Å². The third kappa shape index (κ3) is 3.11. The summed E-state index contributed by atoms with van der Waals surface area (Å²) >= 11 is 0. The molecule has 0 N–H and O–H groups in total. The molecule has 0 saturated heterocycles. The molecule has 4 aliphatic carbocycles. The molecular weight excluding hydrogens is 415 g/mol. The van der Waals surface area contributed by atoms with Gasteiger partial charge in [-0.3, -0.25) is 19.2 Å².